The topological polar surface area (TPSA) is 101 Å². The first-order valence-electron chi connectivity index (χ1n) is 10.5. The lowest BCUT2D eigenvalue weighted by Crippen LogP contribution is -2.50. The first-order valence-corrected chi connectivity index (χ1v) is 11.7. The average molecular weight is 472 g/mol. The van der Waals surface area contributed by atoms with Crippen LogP contribution in [-0.2, 0) is 4.74 Å². The van der Waals surface area contributed by atoms with E-state index in [0.717, 1.165) is 5.56 Å². The lowest BCUT2D eigenvalue weighted by molar-refractivity contribution is 0.0240. The second kappa shape index (κ2) is 10.2. The van der Waals surface area contributed by atoms with E-state index in [-0.39, 0.29) is 6.09 Å². The number of rotatable bonds is 5. The number of piperazine rings is 1. The summed E-state index contributed by atoms with van der Waals surface area (Å²) in [6.45, 7) is 7.56. The highest BCUT2D eigenvalue weighted by atomic mass is 32.2. The molecule has 0 radical (unpaired) electrons. The molecule has 0 bridgehead atoms. The van der Waals surface area contributed by atoms with Gasteiger partial charge in [-0.3, -0.25) is 0 Å². The van der Waals surface area contributed by atoms with E-state index in [4.69, 9.17) is 14.2 Å². The maximum Gasteiger partial charge on any atom is 0.410 e. The van der Waals surface area contributed by atoms with E-state index in [9.17, 15) is 10.1 Å². The molecule has 0 spiro atoms. The van der Waals surface area contributed by atoms with Crippen molar-refractivity contribution in [3.05, 3.63) is 23.8 Å². The molecule has 2 aromatic rings. The number of hydrogen-bond acceptors (Lipinski definition) is 9. The van der Waals surface area contributed by atoms with Crippen LogP contribution in [0.2, 0.25) is 0 Å². The second-order valence-corrected chi connectivity index (χ2v) is 9.17. The van der Waals surface area contributed by atoms with Gasteiger partial charge in [0.15, 0.2) is 22.5 Å². The summed E-state index contributed by atoms with van der Waals surface area (Å²) in [6.07, 6.45) is 1.56. The van der Waals surface area contributed by atoms with E-state index in [0.29, 0.717) is 59.9 Å². The number of nitriles is 1. The molecule has 33 heavy (non-hydrogen) atoms. The molecule has 10 heteroatoms. The van der Waals surface area contributed by atoms with Crippen molar-refractivity contribution in [1.82, 2.24) is 14.9 Å². The first kappa shape index (κ1) is 24.5. The van der Waals surface area contributed by atoms with Gasteiger partial charge in [-0.15, -0.1) is 0 Å². The summed E-state index contributed by atoms with van der Waals surface area (Å²) in [5, 5.41) is 10.6. The van der Waals surface area contributed by atoms with E-state index < -0.39 is 5.60 Å². The van der Waals surface area contributed by atoms with E-state index >= 15 is 0 Å². The molecule has 0 aliphatic carbocycles. The van der Waals surface area contributed by atoms with Crippen molar-refractivity contribution in [3.63, 3.8) is 0 Å². The van der Waals surface area contributed by atoms with E-state index in [1.54, 1.807) is 31.3 Å². The highest BCUT2D eigenvalue weighted by Crippen LogP contribution is 2.36. The minimum absolute atomic E-state index is 0.332. The van der Waals surface area contributed by atoms with Crippen molar-refractivity contribution in [2.75, 3.05) is 51.6 Å². The molecular formula is C23H29N5O4S. The molecule has 1 aliphatic heterocycles. The Labute approximate surface area is 198 Å². The average Bonchev–Trinajstić information content (AvgIpc) is 2.81. The van der Waals surface area contributed by atoms with Gasteiger partial charge in [0.05, 0.1) is 19.9 Å². The monoisotopic (exact) mass is 471 g/mol. The first-order chi connectivity index (χ1) is 15.7. The number of methoxy groups -OCH3 is 2. The molecule has 3 rings (SSSR count). The third-order valence-electron chi connectivity index (χ3n) is 5.05. The van der Waals surface area contributed by atoms with Crippen LogP contribution >= 0.6 is 11.8 Å². The summed E-state index contributed by atoms with van der Waals surface area (Å²) in [6, 6.07) is 7.72. The summed E-state index contributed by atoms with van der Waals surface area (Å²) in [4.78, 5) is 25.4. The van der Waals surface area contributed by atoms with Crippen LogP contribution in [0.25, 0.3) is 11.3 Å². The van der Waals surface area contributed by atoms with Gasteiger partial charge < -0.3 is 24.0 Å². The molecular weight excluding hydrogens is 442 g/mol. The molecule has 9 nitrogen and oxygen atoms in total. The van der Waals surface area contributed by atoms with Crippen molar-refractivity contribution in [2.24, 2.45) is 0 Å². The Morgan fingerprint density at radius 3 is 2.30 bits per heavy atom. The normalized spacial score (nSPS) is 14.0. The Balaban J connectivity index is 1.93. The lowest BCUT2D eigenvalue weighted by atomic mass is 10.1. The van der Waals surface area contributed by atoms with Crippen LogP contribution in [0.5, 0.6) is 11.5 Å². The Morgan fingerprint density at radius 1 is 1.09 bits per heavy atom. The molecule has 1 saturated heterocycles. The number of nitrogens with zero attached hydrogens (tertiary/aromatic N) is 5. The Kier molecular flexibility index (Phi) is 7.53. The Hall–Kier alpha value is -3.19. The SMILES string of the molecule is COc1ccc(-c2nc(SC)nc(N3CCN(C(=O)OC(C)(C)C)CC3)c2C#N)cc1OC. The molecule has 0 saturated carbocycles. The number of benzene rings is 1. The van der Waals surface area contributed by atoms with Gasteiger partial charge >= 0.3 is 6.09 Å². The van der Waals surface area contributed by atoms with Crippen LogP contribution in [0.15, 0.2) is 23.4 Å². The molecule has 1 amide bonds. The van der Waals surface area contributed by atoms with Gasteiger partial charge in [0.1, 0.15) is 17.2 Å². The van der Waals surface area contributed by atoms with Crippen LogP contribution < -0.4 is 14.4 Å². The predicted molar refractivity (Wildman–Crippen MR) is 127 cm³/mol. The second-order valence-electron chi connectivity index (χ2n) is 8.39. The lowest BCUT2D eigenvalue weighted by Gasteiger charge is -2.36. The number of aromatic nitrogens is 2. The number of carbonyl (C=O) groups is 1. The zero-order valence-corrected chi connectivity index (χ0v) is 20.7. The van der Waals surface area contributed by atoms with Gasteiger partial charge in [0.25, 0.3) is 0 Å². The summed E-state index contributed by atoms with van der Waals surface area (Å²) >= 11 is 1.41. The van der Waals surface area contributed by atoms with E-state index in [1.165, 1.54) is 11.8 Å². The van der Waals surface area contributed by atoms with Gasteiger partial charge in [0.2, 0.25) is 0 Å². The fraction of sp³-hybridized carbons (Fsp3) is 0.478. The molecule has 0 atom stereocenters. The maximum atomic E-state index is 12.4. The standard InChI is InChI=1S/C23H29N5O4S/c1-23(2,3)32-22(29)28-11-9-27(10-12-28)20-16(14-24)19(25-21(26-20)33-6)15-7-8-17(30-4)18(13-15)31-5/h7-8,13H,9-12H2,1-6H3. The van der Waals surface area contributed by atoms with Gasteiger partial charge in [-0.2, -0.15) is 5.26 Å². The zero-order valence-electron chi connectivity index (χ0n) is 19.8. The van der Waals surface area contributed by atoms with Crippen molar-refractivity contribution in [2.45, 2.75) is 31.5 Å². The van der Waals surface area contributed by atoms with Crippen LogP contribution in [0.4, 0.5) is 10.6 Å². The van der Waals surface area contributed by atoms with Gasteiger partial charge in [-0.1, -0.05) is 11.8 Å². The minimum Gasteiger partial charge on any atom is -0.493 e. The van der Waals surface area contributed by atoms with Gasteiger partial charge in [-0.25, -0.2) is 14.8 Å². The summed E-state index contributed by atoms with van der Waals surface area (Å²) < 4.78 is 16.2. The number of amides is 1. The molecule has 176 valence electrons. The Morgan fingerprint density at radius 2 is 1.76 bits per heavy atom. The highest BCUT2D eigenvalue weighted by Gasteiger charge is 2.29. The van der Waals surface area contributed by atoms with E-state index in [1.807, 2.05) is 38.0 Å². The number of carbonyl (C=O) groups excluding carboxylic acids is 1. The van der Waals surface area contributed by atoms with Gasteiger partial charge in [-0.05, 0) is 45.2 Å². The third-order valence-corrected chi connectivity index (χ3v) is 5.60. The largest absolute Gasteiger partial charge is 0.493 e. The van der Waals surface area contributed by atoms with Crippen LogP contribution in [0.3, 0.4) is 0 Å². The molecule has 0 N–H and O–H groups in total. The van der Waals surface area contributed by atoms with Crippen molar-refractivity contribution >= 4 is 23.7 Å². The van der Waals surface area contributed by atoms with Gasteiger partial charge in [0, 0.05) is 31.7 Å². The smallest absolute Gasteiger partial charge is 0.410 e. The number of ether oxygens (including phenoxy) is 3. The fourth-order valence-electron chi connectivity index (χ4n) is 3.47. The Bertz CT molecular complexity index is 1060. The summed E-state index contributed by atoms with van der Waals surface area (Å²) in [5.74, 6) is 1.71. The molecule has 1 fully saturated rings. The van der Waals surface area contributed by atoms with Crippen molar-refractivity contribution < 1.29 is 19.0 Å². The summed E-state index contributed by atoms with van der Waals surface area (Å²) in [5.41, 5.74) is 1.10. The van der Waals surface area contributed by atoms with Crippen LogP contribution in [0.1, 0.15) is 26.3 Å². The maximum absolute atomic E-state index is 12.4. The van der Waals surface area contributed by atoms with E-state index in [2.05, 4.69) is 16.0 Å². The summed E-state index contributed by atoms with van der Waals surface area (Å²) in [7, 11) is 3.14. The number of thioether (sulfide) groups is 1. The van der Waals surface area contributed by atoms with Crippen molar-refractivity contribution in [3.8, 4) is 28.8 Å². The van der Waals surface area contributed by atoms with Crippen molar-refractivity contribution in [1.29, 1.82) is 5.26 Å². The minimum atomic E-state index is -0.545. The predicted octanol–water partition coefficient (Wildman–Crippen LogP) is 3.81. The zero-order chi connectivity index (χ0) is 24.2. The fourth-order valence-corrected chi connectivity index (χ4v) is 3.83. The number of anilines is 1. The van der Waals surface area contributed by atoms with Crippen LogP contribution in [-0.4, -0.2) is 73.2 Å². The third kappa shape index (κ3) is 5.60. The quantitative estimate of drug-likeness (QED) is 0.476. The molecule has 1 aliphatic rings. The number of hydrogen-bond donors (Lipinski definition) is 0. The molecule has 1 aromatic heterocycles. The molecule has 1 aromatic carbocycles. The highest BCUT2D eigenvalue weighted by molar-refractivity contribution is 7.98. The van der Waals surface area contributed by atoms with Crippen LogP contribution in [0, 0.1) is 11.3 Å². The molecule has 2 heterocycles. The molecule has 0 unspecified atom stereocenters.